The Bertz CT molecular complexity index is 1020. The zero-order valence-corrected chi connectivity index (χ0v) is 16.6. The van der Waals surface area contributed by atoms with E-state index in [9.17, 15) is 9.59 Å². The number of aryl methyl sites for hydroxylation is 2. The number of carbonyl (C=O) groups is 1. The van der Waals surface area contributed by atoms with Crippen molar-refractivity contribution in [2.75, 3.05) is 11.9 Å². The third-order valence-electron chi connectivity index (χ3n) is 4.90. The Morgan fingerprint density at radius 2 is 1.71 bits per heavy atom. The van der Waals surface area contributed by atoms with Crippen molar-refractivity contribution in [1.29, 1.82) is 0 Å². The zero-order chi connectivity index (χ0) is 20.1. The molecule has 28 heavy (non-hydrogen) atoms. The van der Waals surface area contributed by atoms with Crippen LogP contribution in [0.4, 0.5) is 10.5 Å². The van der Waals surface area contributed by atoms with Crippen LogP contribution >= 0.6 is 0 Å². The molecule has 6 heteroatoms. The number of para-hydroxylation sites is 2. The van der Waals surface area contributed by atoms with Gasteiger partial charge in [-0.2, -0.15) is 0 Å². The minimum atomic E-state index is -0.200. The number of hydrogen-bond acceptors (Lipinski definition) is 3. The van der Waals surface area contributed by atoms with Crippen LogP contribution in [-0.4, -0.2) is 27.4 Å². The van der Waals surface area contributed by atoms with E-state index in [1.807, 2.05) is 31.2 Å². The second kappa shape index (κ2) is 8.69. The van der Waals surface area contributed by atoms with Gasteiger partial charge in [0.15, 0.2) is 0 Å². The number of nitrogens with zero attached hydrogens (tertiary/aromatic N) is 2. The first-order valence-electron chi connectivity index (χ1n) is 9.71. The highest BCUT2D eigenvalue weighted by atomic mass is 16.2. The lowest BCUT2D eigenvalue weighted by molar-refractivity contribution is 0.210. The first kappa shape index (κ1) is 19.6. The number of fused-ring (bicyclic) bond motifs is 1. The van der Waals surface area contributed by atoms with E-state index in [1.165, 1.54) is 0 Å². The van der Waals surface area contributed by atoms with Gasteiger partial charge in [0, 0.05) is 12.2 Å². The van der Waals surface area contributed by atoms with E-state index in [0.717, 1.165) is 29.7 Å². The van der Waals surface area contributed by atoms with E-state index in [-0.39, 0.29) is 18.1 Å². The summed E-state index contributed by atoms with van der Waals surface area (Å²) in [5.74, 6) is 0.472. The number of benzene rings is 2. The average molecular weight is 378 g/mol. The van der Waals surface area contributed by atoms with Crippen molar-refractivity contribution in [1.82, 2.24) is 14.9 Å². The van der Waals surface area contributed by atoms with Gasteiger partial charge in [0.2, 0.25) is 0 Å². The van der Waals surface area contributed by atoms with Gasteiger partial charge in [-0.15, -0.1) is 0 Å². The molecule has 0 fully saturated rings. The Hall–Kier alpha value is -3.15. The number of urea groups is 1. The summed E-state index contributed by atoms with van der Waals surface area (Å²) in [7, 11) is 0. The minimum absolute atomic E-state index is 0.193. The Morgan fingerprint density at radius 1 is 1.04 bits per heavy atom. The Labute approximate surface area is 164 Å². The number of H-pyrrole nitrogens is 1. The lowest BCUT2D eigenvalue weighted by Crippen LogP contribution is -2.36. The molecule has 0 bridgehead atoms. The molecule has 3 aromatic rings. The van der Waals surface area contributed by atoms with Crippen molar-refractivity contribution >= 4 is 22.6 Å². The third kappa shape index (κ3) is 4.06. The first-order valence-corrected chi connectivity index (χ1v) is 9.71. The van der Waals surface area contributed by atoms with Gasteiger partial charge in [-0.05, 0) is 43.0 Å². The number of amides is 2. The SMILES string of the molecule is CCc1cccc(CC)c1NC(=O)N(CC)Cc1nc2ccccc2c(=O)[nH]1. The molecule has 0 aliphatic carbocycles. The predicted molar refractivity (Wildman–Crippen MR) is 113 cm³/mol. The molecule has 0 aliphatic heterocycles. The molecule has 0 aliphatic rings. The van der Waals surface area contributed by atoms with Crippen LogP contribution in [0, 0.1) is 0 Å². The van der Waals surface area contributed by atoms with Crippen molar-refractivity contribution in [3.8, 4) is 0 Å². The van der Waals surface area contributed by atoms with Gasteiger partial charge in [-0.3, -0.25) is 4.79 Å². The molecule has 2 amide bonds. The highest BCUT2D eigenvalue weighted by Crippen LogP contribution is 2.23. The molecule has 2 N–H and O–H groups in total. The number of hydrogen-bond donors (Lipinski definition) is 2. The van der Waals surface area contributed by atoms with Crippen molar-refractivity contribution in [3.63, 3.8) is 0 Å². The fraction of sp³-hybridized carbons (Fsp3) is 0.318. The number of rotatable bonds is 6. The maximum absolute atomic E-state index is 12.9. The lowest BCUT2D eigenvalue weighted by Gasteiger charge is -2.23. The Morgan fingerprint density at radius 3 is 2.36 bits per heavy atom. The molecule has 0 saturated heterocycles. The average Bonchev–Trinajstić information content (AvgIpc) is 2.72. The van der Waals surface area contributed by atoms with E-state index in [0.29, 0.717) is 23.3 Å². The van der Waals surface area contributed by atoms with Crippen LogP contribution in [0.25, 0.3) is 10.9 Å². The fourth-order valence-electron chi connectivity index (χ4n) is 3.31. The Kier molecular flexibility index (Phi) is 6.09. The second-order valence-electron chi connectivity index (χ2n) is 6.63. The molecule has 146 valence electrons. The molecule has 0 saturated carbocycles. The number of aromatic amines is 1. The normalized spacial score (nSPS) is 10.8. The first-order chi connectivity index (χ1) is 13.6. The van der Waals surface area contributed by atoms with Gasteiger partial charge in [-0.25, -0.2) is 9.78 Å². The molecule has 1 heterocycles. The third-order valence-corrected chi connectivity index (χ3v) is 4.90. The van der Waals surface area contributed by atoms with Gasteiger partial charge in [-0.1, -0.05) is 44.2 Å². The number of anilines is 1. The molecule has 3 rings (SSSR count). The maximum atomic E-state index is 12.9. The van der Waals surface area contributed by atoms with Crippen molar-refractivity contribution in [2.24, 2.45) is 0 Å². The molecule has 1 aromatic heterocycles. The zero-order valence-electron chi connectivity index (χ0n) is 16.6. The van der Waals surface area contributed by atoms with Crippen LogP contribution in [0.15, 0.2) is 47.3 Å². The van der Waals surface area contributed by atoms with Crippen LogP contribution < -0.4 is 10.9 Å². The molecule has 6 nitrogen and oxygen atoms in total. The van der Waals surface area contributed by atoms with E-state index >= 15 is 0 Å². The van der Waals surface area contributed by atoms with Gasteiger partial charge in [0.1, 0.15) is 5.82 Å². The molecular formula is C22H26N4O2. The molecular weight excluding hydrogens is 352 g/mol. The van der Waals surface area contributed by atoms with Crippen molar-refractivity contribution in [3.05, 3.63) is 69.8 Å². The number of aromatic nitrogens is 2. The standard InChI is InChI=1S/C22H26N4O2/c1-4-15-10-9-11-16(5-2)20(15)25-22(28)26(6-3)14-19-23-18-13-8-7-12-17(18)21(27)24-19/h7-13H,4-6,14H2,1-3H3,(H,25,28)(H,23,24,27). The van der Waals surface area contributed by atoms with Crippen LogP contribution in [0.3, 0.4) is 0 Å². The summed E-state index contributed by atoms with van der Waals surface area (Å²) < 4.78 is 0. The Balaban J connectivity index is 1.85. The largest absolute Gasteiger partial charge is 0.322 e. The van der Waals surface area contributed by atoms with Gasteiger partial charge < -0.3 is 15.2 Å². The van der Waals surface area contributed by atoms with Crippen LogP contribution in [0.5, 0.6) is 0 Å². The minimum Gasteiger partial charge on any atom is -0.317 e. The monoisotopic (exact) mass is 378 g/mol. The van der Waals surface area contributed by atoms with Gasteiger partial charge in [0.05, 0.1) is 17.4 Å². The summed E-state index contributed by atoms with van der Waals surface area (Å²) in [6, 6.07) is 13.1. The van der Waals surface area contributed by atoms with Crippen LogP contribution in [0.2, 0.25) is 0 Å². The molecule has 0 unspecified atom stereocenters. The van der Waals surface area contributed by atoms with E-state index in [4.69, 9.17) is 0 Å². The van der Waals surface area contributed by atoms with E-state index < -0.39 is 0 Å². The number of nitrogens with one attached hydrogen (secondary N) is 2. The summed E-state index contributed by atoms with van der Waals surface area (Å²) >= 11 is 0. The predicted octanol–water partition coefficient (Wildman–Crippen LogP) is 4.10. The summed E-state index contributed by atoms with van der Waals surface area (Å²) in [5, 5.41) is 3.62. The fourth-order valence-corrected chi connectivity index (χ4v) is 3.31. The van der Waals surface area contributed by atoms with Crippen molar-refractivity contribution < 1.29 is 4.79 Å². The second-order valence-corrected chi connectivity index (χ2v) is 6.63. The number of carbonyl (C=O) groups excluding carboxylic acids is 1. The highest BCUT2D eigenvalue weighted by Gasteiger charge is 2.17. The quantitative estimate of drug-likeness (QED) is 0.678. The molecule has 0 atom stereocenters. The summed E-state index contributed by atoms with van der Waals surface area (Å²) in [6.07, 6.45) is 1.68. The highest BCUT2D eigenvalue weighted by molar-refractivity contribution is 5.91. The topological polar surface area (TPSA) is 78.1 Å². The smallest absolute Gasteiger partial charge is 0.317 e. The summed E-state index contributed by atoms with van der Waals surface area (Å²) in [5.41, 5.74) is 3.54. The van der Waals surface area contributed by atoms with Crippen molar-refractivity contribution in [2.45, 2.75) is 40.2 Å². The molecule has 0 radical (unpaired) electrons. The lowest BCUT2D eigenvalue weighted by atomic mass is 10.0. The maximum Gasteiger partial charge on any atom is 0.322 e. The van der Waals surface area contributed by atoms with Crippen LogP contribution in [0.1, 0.15) is 37.7 Å². The van der Waals surface area contributed by atoms with Gasteiger partial charge in [0.25, 0.3) is 5.56 Å². The van der Waals surface area contributed by atoms with Crippen LogP contribution in [-0.2, 0) is 19.4 Å². The van der Waals surface area contributed by atoms with Gasteiger partial charge >= 0.3 is 6.03 Å². The van der Waals surface area contributed by atoms with E-state index in [2.05, 4.69) is 29.1 Å². The molecule has 2 aromatic carbocycles. The summed E-state index contributed by atoms with van der Waals surface area (Å²) in [4.78, 5) is 34.1. The molecule has 0 spiro atoms. The van der Waals surface area contributed by atoms with E-state index in [1.54, 1.807) is 23.1 Å². The summed E-state index contributed by atoms with van der Waals surface area (Å²) in [6.45, 7) is 6.79.